The number of benzene rings is 1. The van der Waals surface area contributed by atoms with Gasteiger partial charge < -0.3 is 15.8 Å². The summed E-state index contributed by atoms with van der Waals surface area (Å²) in [5, 5.41) is 2.54. The average Bonchev–Trinajstić information content (AvgIpc) is 2.85. The highest BCUT2D eigenvalue weighted by Crippen LogP contribution is 2.35. The minimum Gasteiger partial charge on any atom is -0.492 e. The number of rotatable bonds is 5. The van der Waals surface area contributed by atoms with E-state index in [1.807, 2.05) is 0 Å². The summed E-state index contributed by atoms with van der Waals surface area (Å²) in [6.07, 6.45) is -1.53. The molecule has 0 aliphatic heterocycles. The van der Waals surface area contributed by atoms with Crippen molar-refractivity contribution in [2.45, 2.75) is 44.8 Å². The molecule has 1 aromatic rings. The topological polar surface area (TPSA) is 64.3 Å². The number of carbonyl (C=O) groups is 1. The van der Waals surface area contributed by atoms with Crippen molar-refractivity contribution in [3.63, 3.8) is 0 Å². The highest BCUT2D eigenvalue weighted by molar-refractivity contribution is 5.92. The second-order valence-corrected chi connectivity index (χ2v) is 5.75. The van der Waals surface area contributed by atoms with Gasteiger partial charge in [0.1, 0.15) is 5.75 Å². The number of nitrogens with one attached hydrogen (secondary N) is 1. The second-order valence-electron chi connectivity index (χ2n) is 5.75. The fourth-order valence-electron chi connectivity index (χ4n) is 2.84. The molecule has 0 spiro atoms. The van der Waals surface area contributed by atoms with Crippen LogP contribution in [-0.2, 0) is 11.0 Å². The summed E-state index contributed by atoms with van der Waals surface area (Å²) in [4.78, 5) is 12.1. The van der Waals surface area contributed by atoms with E-state index in [1.54, 1.807) is 6.92 Å². The van der Waals surface area contributed by atoms with Crippen molar-refractivity contribution in [3.8, 4) is 5.75 Å². The summed E-state index contributed by atoms with van der Waals surface area (Å²) in [6.45, 7) is 2.02. The molecular formula is C16H22ClF3N2O2. The van der Waals surface area contributed by atoms with Gasteiger partial charge in [-0.1, -0.05) is 6.42 Å². The summed E-state index contributed by atoms with van der Waals surface area (Å²) < 4.78 is 43.8. The Morgan fingerprint density at radius 3 is 2.62 bits per heavy atom. The van der Waals surface area contributed by atoms with Gasteiger partial charge in [-0.05, 0) is 43.9 Å². The van der Waals surface area contributed by atoms with Gasteiger partial charge in [0.25, 0.3) is 0 Å². The fourth-order valence-corrected chi connectivity index (χ4v) is 2.84. The molecule has 0 radical (unpaired) electrons. The standard InChI is InChI=1S/C16H21F3N2O2.ClH/c1-2-23-14-7-6-11(16(17,18)19)9-13(14)21-15(22)8-10-4-3-5-12(10)20;/h6-7,9-10,12H,2-5,8,20H2,1H3,(H,21,22);1H/t10-,12+;/m0./s1. The Balaban J connectivity index is 0.00000288. The molecule has 4 nitrogen and oxygen atoms in total. The summed E-state index contributed by atoms with van der Waals surface area (Å²) in [7, 11) is 0. The molecule has 0 heterocycles. The second kappa shape index (κ2) is 8.58. The largest absolute Gasteiger partial charge is 0.492 e. The molecular weight excluding hydrogens is 345 g/mol. The van der Waals surface area contributed by atoms with E-state index < -0.39 is 11.7 Å². The Labute approximate surface area is 145 Å². The van der Waals surface area contributed by atoms with Crippen LogP contribution < -0.4 is 15.8 Å². The number of amides is 1. The van der Waals surface area contributed by atoms with Gasteiger partial charge in [0, 0.05) is 12.5 Å². The van der Waals surface area contributed by atoms with Gasteiger partial charge in [-0.25, -0.2) is 0 Å². The lowest BCUT2D eigenvalue weighted by molar-refractivity contribution is -0.137. The molecule has 1 aliphatic carbocycles. The molecule has 3 N–H and O–H groups in total. The lowest BCUT2D eigenvalue weighted by atomic mass is 10.00. The third-order valence-electron chi connectivity index (χ3n) is 4.05. The number of ether oxygens (including phenoxy) is 1. The van der Waals surface area contributed by atoms with Crippen LogP contribution >= 0.6 is 12.4 Å². The SMILES string of the molecule is CCOc1ccc(C(F)(F)F)cc1NC(=O)C[C@@H]1CCC[C@H]1N.Cl. The van der Waals surface area contributed by atoms with Crippen LogP contribution in [0.1, 0.15) is 38.2 Å². The first-order valence-corrected chi connectivity index (χ1v) is 7.70. The van der Waals surface area contributed by atoms with Crippen LogP contribution in [0.15, 0.2) is 18.2 Å². The maximum Gasteiger partial charge on any atom is 0.416 e. The third-order valence-corrected chi connectivity index (χ3v) is 4.05. The van der Waals surface area contributed by atoms with Crippen molar-refractivity contribution in [2.75, 3.05) is 11.9 Å². The van der Waals surface area contributed by atoms with Gasteiger partial charge in [-0.3, -0.25) is 4.79 Å². The van der Waals surface area contributed by atoms with E-state index in [9.17, 15) is 18.0 Å². The predicted octanol–water partition coefficient (Wildman–Crippen LogP) is 3.98. The normalized spacial score (nSPS) is 20.4. The molecule has 1 aliphatic rings. The summed E-state index contributed by atoms with van der Waals surface area (Å²) >= 11 is 0. The first-order chi connectivity index (χ1) is 10.8. The van der Waals surface area contributed by atoms with Crippen LogP contribution in [-0.4, -0.2) is 18.6 Å². The van der Waals surface area contributed by atoms with E-state index in [2.05, 4.69) is 5.32 Å². The average molecular weight is 367 g/mol. The van der Waals surface area contributed by atoms with E-state index in [4.69, 9.17) is 10.5 Å². The molecule has 24 heavy (non-hydrogen) atoms. The molecule has 8 heteroatoms. The Hall–Kier alpha value is -1.47. The van der Waals surface area contributed by atoms with Gasteiger partial charge in [-0.2, -0.15) is 13.2 Å². The molecule has 0 saturated heterocycles. The Bertz CT molecular complexity index is 567. The van der Waals surface area contributed by atoms with Gasteiger partial charge in [0.2, 0.25) is 5.91 Å². The monoisotopic (exact) mass is 366 g/mol. The highest BCUT2D eigenvalue weighted by Gasteiger charge is 2.32. The molecule has 1 aromatic carbocycles. The van der Waals surface area contributed by atoms with Crippen molar-refractivity contribution < 1.29 is 22.7 Å². The lowest BCUT2D eigenvalue weighted by Gasteiger charge is -2.17. The molecule has 1 fully saturated rings. The number of nitrogens with two attached hydrogens (primary N) is 1. The predicted molar refractivity (Wildman–Crippen MR) is 88.4 cm³/mol. The highest BCUT2D eigenvalue weighted by atomic mass is 35.5. The number of carbonyl (C=O) groups excluding carboxylic acids is 1. The van der Waals surface area contributed by atoms with Crippen LogP contribution in [0, 0.1) is 5.92 Å². The van der Waals surface area contributed by atoms with Crippen LogP contribution in [0.4, 0.5) is 18.9 Å². The molecule has 1 saturated carbocycles. The van der Waals surface area contributed by atoms with E-state index in [0.717, 1.165) is 31.4 Å². The van der Waals surface area contributed by atoms with E-state index in [-0.39, 0.29) is 48.1 Å². The van der Waals surface area contributed by atoms with Gasteiger partial charge in [0.15, 0.2) is 0 Å². The zero-order chi connectivity index (χ0) is 17.0. The molecule has 2 rings (SSSR count). The number of alkyl halides is 3. The van der Waals surface area contributed by atoms with Crippen molar-refractivity contribution in [3.05, 3.63) is 23.8 Å². The third kappa shape index (κ3) is 5.27. The van der Waals surface area contributed by atoms with Crippen molar-refractivity contribution in [2.24, 2.45) is 11.7 Å². The number of anilines is 1. The maximum absolute atomic E-state index is 12.8. The fraction of sp³-hybridized carbons (Fsp3) is 0.562. The Morgan fingerprint density at radius 2 is 2.08 bits per heavy atom. The zero-order valence-electron chi connectivity index (χ0n) is 13.4. The first kappa shape index (κ1) is 20.6. The minimum absolute atomic E-state index is 0. The molecule has 136 valence electrons. The summed E-state index contributed by atoms with van der Waals surface area (Å²) in [5.41, 5.74) is 5.14. The van der Waals surface area contributed by atoms with Gasteiger partial charge in [-0.15, -0.1) is 12.4 Å². The number of halogens is 4. The smallest absolute Gasteiger partial charge is 0.416 e. The Kier molecular flexibility index (Phi) is 7.35. The zero-order valence-corrected chi connectivity index (χ0v) is 14.2. The maximum atomic E-state index is 12.8. The van der Waals surface area contributed by atoms with Crippen molar-refractivity contribution >= 4 is 24.0 Å². The molecule has 0 unspecified atom stereocenters. The minimum atomic E-state index is -4.47. The summed E-state index contributed by atoms with van der Waals surface area (Å²) in [5.74, 6) is -0.0338. The molecule has 2 atom stereocenters. The van der Waals surface area contributed by atoms with Gasteiger partial charge >= 0.3 is 6.18 Å². The lowest BCUT2D eigenvalue weighted by Crippen LogP contribution is -2.28. The summed E-state index contributed by atoms with van der Waals surface area (Å²) in [6, 6.07) is 3.04. The number of hydrogen-bond acceptors (Lipinski definition) is 3. The molecule has 0 aromatic heterocycles. The van der Waals surface area contributed by atoms with E-state index in [1.165, 1.54) is 6.07 Å². The van der Waals surface area contributed by atoms with E-state index >= 15 is 0 Å². The Morgan fingerprint density at radius 1 is 1.38 bits per heavy atom. The van der Waals surface area contributed by atoms with Crippen LogP contribution in [0.5, 0.6) is 5.75 Å². The first-order valence-electron chi connectivity index (χ1n) is 7.70. The van der Waals surface area contributed by atoms with Crippen LogP contribution in [0.3, 0.4) is 0 Å². The van der Waals surface area contributed by atoms with Crippen molar-refractivity contribution in [1.29, 1.82) is 0 Å². The molecule has 0 bridgehead atoms. The van der Waals surface area contributed by atoms with Crippen LogP contribution in [0.2, 0.25) is 0 Å². The van der Waals surface area contributed by atoms with Crippen LogP contribution in [0.25, 0.3) is 0 Å². The number of hydrogen-bond donors (Lipinski definition) is 2. The quantitative estimate of drug-likeness (QED) is 0.828. The van der Waals surface area contributed by atoms with Gasteiger partial charge in [0.05, 0.1) is 17.9 Å². The van der Waals surface area contributed by atoms with E-state index in [0.29, 0.717) is 6.61 Å². The van der Waals surface area contributed by atoms with Crippen molar-refractivity contribution in [1.82, 2.24) is 0 Å². The molecule has 1 amide bonds.